The number of aromatic nitrogens is 1. The summed E-state index contributed by atoms with van der Waals surface area (Å²) >= 11 is 0. The molecule has 1 aromatic heterocycles. The number of amides is 1. The van der Waals surface area contributed by atoms with E-state index in [4.69, 9.17) is 0 Å². The Labute approximate surface area is 134 Å². The molecule has 23 heavy (non-hydrogen) atoms. The number of carbonyl (C=O) groups excluding carboxylic acids is 1. The number of anilines is 1. The van der Waals surface area contributed by atoms with E-state index in [1.807, 2.05) is 54.8 Å². The second-order valence-corrected chi connectivity index (χ2v) is 5.39. The number of halogens is 1. The van der Waals surface area contributed by atoms with Gasteiger partial charge in [-0.3, -0.25) is 4.79 Å². The van der Waals surface area contributed by atoms with Crippen LogP contribution in [0.4, 0.5) is 10.1 Å². The zero-order chi connectivity index (χ0) is 16.4. The van der Waals surface area contributed by atoms with Crippen LogP contribution in [-0.4, -0.2) is 10.5 Å². The molecule has 0 unspecified atom stereocenters. The monoisotopic (exact) mass is 308 g/mol. The van der Waals surface area contributed by atoms with Gasteiger partial charge in [0.15, 0.2) is 0 Å². The van der Waals surface area contributed by atoms with Crippen LogP contribution in [-0.2, 0) is 0 Å². The Balaban J connectivity index is 1.95. The van der Waals surface area contributed by atoms with Gasteiger partial charge < -0.3 is 9.88 Å². The molecule has 1 heterocycles. The summed E-state index contributed by atoms with van der Waals surface area (Å²) in [5.74, 6) is -0.761. The zero-order valence-corrected chi connectivity index (χ0v) is 13.0. The lowest BCUT2D eigenvalue weighted by molar-refractivity contribution is 0.102. The largest absolute Gasteiger partial charge is 0.319 e. The van der Waals surface area contributed by atoms with Gasteiger partial charge in [-0.15, -0.1) is 0 Å². The molecule has 0 atom stereocenters. The van der Waals surface area contributed by atoms with Crippen molar-refractivity contribution in [3.8, 4) is 5.69 Å². The normalized spacial score (nSPS) is 10.6. The molecule has 0 aliphatic carbocycles. The maximum Gasteiger partial charge on any atom is 0.257 e. The highest BCUT2D eigenvalue weighted by Crippen LogP contribution is 2.22. The van der Waals surface area contributed by atoms with Crippen molar-refractivity contribution in [1.82, 2.24) is 4.57 Å². The number of aryl methyl sites for hydroxylation is 1. The van der Waals surface area contributed by atoms with Crippen LogP contribution in [0.2, 0.25) is 0 Å². The molecule has 3 rings (SSSR count). The van der Waals surface area contributed by atoms with Crippen molar-refractivity contribution in [3.63, 3.8) is 0 Å². The average molecular weight is 308 g/mol. The first-order valence-corrected chi connectivity index (χ1v) is 7.38. The molecule has 1 N–H and O–H groups in total. The lowest BCUT2D eigenvalue weighted by atomic mass is 10.2. The third kappa shape index (κ3) is 2.88. The highest BCUT2D eigenvalue weighted by atomic mass is 19.1. The van der Waals surface area contributed by atoms with Gasteiger partial charge in [-0.2, -0.15) is 0 Å². The SMILES string of the molecule is Cc1cc(C(=O)Nc2ccccc2F)c(C)n1-c1ccccc1. The van der Waals surface area contributed by atoms with Crippen molar-refractivity contribution >= 4 is 11.6 Å². The fourth-order valence-electron chi connectivity index (χ4n) is 2.72. The predicted molar refractivity (Wildman–Crippen MR) is 89.6 cm³/mol. The van der Waals surface area contributed by atoms with Crippen molar-refractivity contribution in [2.24, 2.45) is 0 Å². The Morgan fingerprint density at radius 3 is 2.35 bits per heavy atom. The quantitative estimate of drug-likeness (QED) is 0.760. The predicted octanol–water partition coefficient (Wildman–Crippen LogP) is 4.49. The summed E-state index contributed by atoms with van der Waals surface area (Å²) < 4.78 is 15.7. The fourth-order valence-corrected chi connectivity index (χ4v) is 2.72. The van der Waals surface area contributed by atoms with E-state index in [2.05, 4.69) is 5.32 Å². The van der Waals surface area contributed by atoms with Crippen molar-refractivity contribution in [2.45, 2.75) is 13.8 Å². The van der Waals surface area contributed by atoms with E-state index < -0.39 is 5.82 Å². The van der Waals surface area contributed by atoms with Crippen LogP contribution in [0.25, 0.3) is 5.69 Å². The van der Waals surface area contributed by atoms with Gasteiger partial charge in [0.1, 0.15) is 5.82 Å². The van der Waals surface area contributed by atoms with Crippen LogP contribution >= 0.6 is 0 Å². The van der Waals surface area contributed by atoms with Crippen LogP contribution < -0.4 is 5.32 Å². The van der Waals surface area contributed by atoms with Gasteiger partial charge in [-0.25, -0.2) is 4.39 Å². The Morgan fingerprint density at radius 2 is 1.65 bits per heavy atom. The molecule has 4 heteroatoms. The second kappa shape index (κ2) is 6.08. The highest BCUT2D eigenvalue weighted by molar-refractivity contribution is 6.05. The van der Waals surface area contributed by atoms with E-state index in [9.17, 15) is 9.18 Å². The number of hydrogen-bond donors (Lipinski definition) is 1. The Hall–Kier alpha value is -2.88. The van der Waals surface area contributed by atoms with Crippen LogP contribution in [0.5, 0.6) is 0 Å². The van der Waals surface area contributed by atoms with E-state index >= 15 is 0 Å². The van der Waals surface area contributed by atoms with E-state index in [1.165, 1.54) is 6.07 Å². The summed E-state index contributed by atoms with van der Waals surface area (Å²) in [4.78, 5) is 12.5. The molecule has 0 aliphatic heterocycles. The minimum Gasteiger partial charge on any atom is -0.319 e. The summed E-state index contributed by atoms with van der Waals surface area (Å²) in [5, 5.41) is 2.63. The fraction of sp³-hybridized carbons (Fsp3) is 0.105. The highest BCUT2D eigenvalue weighted by Gasteiger charge is 2.17. The number of para-hydroxylation sites is 2. The van der Waals surface area contributed by atoms with E-state index in [0.717, 1.165) is 17.1 Å². The molecule has 0 spiro atoms. The summed E-state index contributed by atoms with van der Waals surface area (Å²) in [7, 11) is 0. The van der Waals surface area contributed by atoms with E-state index in [1.54, 1.807) is 18.2 Å². The molecule has 3 aromatic rings. The Bertz CT molecular complexity index is 853. The number of rotatable bonds is 3. The smallest absolute Gasteiger partial charge is 0.257 e. The lowest BCUT2D eigenvalue weighted by Crippen LogP contribution is -2.14. The van der Waals surface area contributed by atoms with Crippen LogP contribution in [0.15, 0.2) is 60.7 Å². The molecule has 0 saturated carbocycles. The topological polar surface area (TPSA) is 34.0 Å². The molecule has 116 valence electrons. The third-order valence-electron chi connectivity index (χ3n) is 3.81. The minimum absolute atomic E-state index is 0.182. The molecule has 3 nitrogen and oxygen atoms in total. The van der Waals surface area contributed by atoms with Crippen LogP contribution in [0.3, 0.4) is 0 Å². The van der Waals surface area contributed by atoms with Gasteiger partial charge in [0.2, 0.25) is 0 Å². The lowest BCUT2D eigenvalue weighted by Gasteiger charge is -2.10. The molecular weight excluding hydrogens is 291 g/mol. The maximum absolute atomic E-state index is 13.7. The first-order valence-electron chi connectivity index (χ1n) is 7.38. The Morgan fingerprint density at radius 1 is 1.00 bits per heavy atom. The van der Waals surface area contributed by atoms with Crippen molar-refractivity contribution in [3.05, 3.63) is 83.4 Å². The first kappa shape index (κ1) is 15.0. The number of nitrogens with zero attached hydrogens (tertiary/aromatic N) is 1. The van der Waals surface area contributed by atoms with Crippen molar-refractivity contribution in [1.29, 1.82) is 0 Å². The van der Waals surface area contributed by atoms with Gasteiger partial charge in [-0.1, -0.05) is 30.3 Å². The molecule has 0 bridgehead atoms. The summed E-state index contributed by atoms with van der Waals surface area (Å²) in [6, 6.07) is 17.8. The van der Waals surface area contributed by atoms with Gasteiger partial charge in [0.25, 0.3) is 5.91 Å². The molecule has 0 saturated heterocycles. The summed E-state index contributed by atoms with van der Waals surface area (Å²) in [6.07, 6.45) is 0. The number of benzene rings is 2. The van der Waals surface area contributed by atoms with E-state index in [-0.39, 0.29) is 11.6 Å². The summed E-state index contributed by atoms with van der Waals surface area (Å²) in [6.45, 7) is 3.83. The molecule has 1 amide bonds. The number of nitrogens with one attached hydrogen (secondary N) is 1. The molecule has 0 aliphatic rings. The third-order valence-corrected chi connectivity index (χ3v) is 3.81. The number of hydrogen-bond acceptors (Lipinski definition) is 1. The van der Waals surface area contributed by atoms with Crippen molar-refractivity contribution in [2.75, 3.05) is 5.32 Å². The second-order valence-electron chi connectivity index (χ2n) is 5.39. The maximum atomic E-state index is 13.7. The first-order chi connectivity index (χ1) is 11.1. The van der Waals surface area contributed by atoms with Gasteiger partial charge in [0, 0.05) is 17.1 Å². The van der Waals surface area contributed by atoms with Crippen LogP contribution in [0.1, 0.15) is 21.7 Å². The minimum atomic E-state index is -0.447. The van der Waals surface area contributed by atoms with Gasteiger partial charge in [0.05, 0.1) is 11.3 Å². The summed E-state index contributed by atoms with van der Waals surface area (Å²) in [5.41, 5.74) is 3.49. The standard InChI is InChI=1S/C19H17FN2O/c1-13-12-16(14(2)22(13)15-8-4-3-5-9-15)19(23)21-18-11-7-6-10-17(18)20/h3-12H,1-2H3,(H,21,23). The van der Waals surface area contributed by atoms with Gasteiger partial charge >= 0.3 is 0 Å². The molecule has 0 radical (unpaired) electrons. The Kier molecular flexibility index (Phi) is 3.98. The van der Waals surface area contributed by atoms with Gasteiger partial charge in [-0.05, 0) is 44.2 Å². The van der Waals surface area contributed by atoms with E-state index in [0.29, 0.717) is 5.56 Å². The van der Waals surface area contributed by atoms with Crippen LogP contribution in [0, 0.1) is 19.7 Å². The van der Waals surface area contributed by atoms with Crippen molar-refractivity contribution < 1.29 is 9.18 Å². The molecule has 0 fully saturated rings. The molecule has 2 aromatic carbocycles. The zero-order valence-electron chi connectivity index (χ0n) is 13.0. The molecular formula is C19H17FN2O. The average Bonchev–Trinajstić information content (AvgIpc) is 2.85. The number of carbonyl (C=O) groups is 1.